The Morgan fingerprint density at radius 1 is 0.909 bits per heavy atom. The zero-order valence-corrected chi connectivity index (χ0v) is 18.8. The maximum absolute atomic E-state index is 12.6. The molecule has 3 aromatic rings. The number of nitrogens with zero attached hydrogens (tertiary/aromatic N) is 3. The van der Waals surface area contributed by atoms with Gasteiger partial charge in [-0.2, -0.15) is 0 Å². The predicted octanol–water partition coefficient (Wildman–Crippen LogP) is 3.82. The number of hydrogen-bond acceptors (Lipinski definition) is 6. The molecule has 33 heavy (non-hydrogen) atoms. The van der Waals surface area contributed by atoms with Gasteiger partial charge in [0, 0.05) is 37.4 Å². The van der Waals surface area contributed by atoms with Gasteiger partial charge < -0.3 is 19.3 Å². The van der Waals surface area contributed by atoms with E-state index in [2.05, 4.69) is 9.88 Å². The molecule has 170 valence electrons. The lowest BCUT2D eigenvalue weighted by Crippen LogP contribution is -2.50. The second kappa shape index (κ2) is 10.8. The molecule has 1 aliphatic heterocycles. The third kappa shape index (κ3) is 6.02. The van der Waals surface area contributed by atoms with Crippen LogP contribution in [0.3, 0.4) is 0 Å². The summed E-state index contributed by atoms with van der Waals surface area (Å²) in [6.07, 6.45) is 1.75. The van der Waals surface area contributed by atoms with Crippen LogP contribution in [0.4, 0.5) is 5.82 Å². The highest BCUT2D eigenvalue weighted by Gasteiger charge is 2.23. The highest BCUT2D eigenvalue weighted by Crippen LogP contribution is 2.21. The smallest absolute Gasteiger partial charge is 0.342 e. The SMILES string of the molecule is O=C(OCC(=O)N1CCN(c2ccccn2)CC1)c1ccccc1OCc1ccc(Cl)cc1. The van der Waals surface area contributed by atoms with Crippen molar-refractivity contribution in [3.05, 3.63) is 89.1 Å². The van der Waals surface area contributed by atoms with Gasteiger partial charge in [-0.3, -0.25) is 4.79 Å². The number of halogens is 1. The number of anilines is 1. The van der Waals surface area contributed by atoms with E-state index >= 15 is 0 Å². The third-order valence-corrected chi connectivity index (χ3v) is 5.60. The lowest BCUT2D eigenvalue weighted by atomic mass is 10.2. The molecule has 0 unspecified atom stereocenters. The van der Waals surface area contributed by atoms with Crippen LogP contribution in [0, 0.1) is 0 Å². The Balaban J connectivity index is 1.28. The number of ether oxygens (including phenoxy) is 2. The predicted molar refractivity (Wildman–Crippen MR) is 126 cm³/mol. The number of aromatic nitrogens is 1. The Bertz CT molecular complexity index is 1080. The van der Waals surface area contributed by atoms with Gasteiger partial charge in [0.15, 0.2) is 6.61 Å². The topological polar surface area (TPSA) is 72.0 Å². The molecule has 1 amide bonds. The number of pyridine rings is 1. The molecular weight excluding hydrogens is 442 g/mol. The number of carbonyl (C=O) groups is 2. The fourth-order valence-corrected chi connectivity index (χ4v) is 3.65. The largest absolute Gasteiger partial charge is 0.488 e. The number of piperazine rings is 1. The van der Waals surface area contributed by atoms with Crippen molar-refractivity contribution in [2.45, 2.75) is 6.61 Å². The second-order valence-electron chi connectivity index (χ2n) is 7.54. The van der Waals surface area contributed by atoms with Crippen molar-refractivity contribution in [3.8, 4) is 5.75 Å². The van der Waals surface area contributed by atoms with E-state index in [9.17, 15) is 9.59 Å². The van der Waals surface area contributed by atoms with E-state index in [4.69, 9.17) is 21.1 Å². The average Bonchev–Trinajstić information content (AvgIpc) is 2.87. The first kappa shape index (κ1) is 22.6. The van der Waals surface area contributed by atoms with Crippen LogP contribution in [-0.2, 0) is 16.1 Å². The van der Waals surface area contributed by atoms with E-state index in [-0.39, 0.29) is 24.7 Å². The highest BCUT2D eigenvalue weighted by molar-refractivity contribution is 6.30. The summed E-state index contributed by atoms with van der Waals surface area (Å²) in [5, 5.41) is 0.644. The van der Waals surface area contributed by atoms with Crippen molar-refractivity contribution < 1.29 is 19.1 Å². The Hall–Kier alpha value is -3.58. The van der Waals surface area contributed by atoms with Crippen LogP contribution in [-0.4, -0.2) is 54.5 Å². The Morgan fingerprint density at radius 3 is 2.36 bits per heavy atom. The van der Waals surface area contributed by atoms with E-state index in [1.807, 2.05) is 30.3 Å². The van der Waals surface area contributed by atoms with E-state index in [1.54, 1.807) is 47.5 Å². The molecule has 1 fully saturated rings. The van der Waals surface area contributed by atoms with E-state index < -0.39 is 5.97 Å². The molecule has 0 atom stereocenters. The molecule has 1 aliphatic rings. The molecule has 4 rings (SSSR count). The summed E-state index contributed by atoms with van der Waals surface area (Å²) in [7, 11) is 0. The number of carbonyl (C=O) groups excluding carboxylic acids is 2. The second-order valence-corrected chi connectivity index (χ2v) is 7.98. The maximum atomic E-state index is 12.6. The van der Waals surface area contributed by atoms with Gasteiger partial charge in [-0.25, -0.2) is 9.78 Å². The lowest BCUT2D eigenvalue weighted by Gasteiger charge is -2.35. The number of hydrogen-bond donors (Lipinski definition) is 0. The Labute approximate surface area is 197 Å². The molecule has 0 bridgehead atoms. The molecule has 0 saturated carbocycles. The van der Waals surface area contributed by atoms with E-state index in [0.717, 1.165) is 11.4 Å². The number of esters is 1. The average molecular weight is 466 g/mol. The van der Waals surface area contributed by atoms with Crippen LogP contribution >= 0.6 is 11.6 Å². The molecule has 0 spiro atoms. The summed E-state index contributed by atoms with van der Waals surface area (Å²) >= 11 is 5.91. The van der Waals surface area contributed by atoms with E-state index in [0.29, 0.717) is 37.0 Å². The van der Waals surface area contributed by atoms with Crippen LogP contribution in [0.15, 0.2) is 72.9 Å². The van der Waals surface area contributed by atoms with Crippen molar-refractivity contribution in [2.75, 3.05) is 37.7 Å². The Kier molecular flexibility index (Phi) is 7.42. The van der Waals surface area contributed by atoms with Gasteiger partial charge in [-0.15, -0.1) is 0 Å². The first-order valence-corrected chi connectivity index (χ1v) is 11.0. The molecule has 1 saturated heterocycles. The molecule has 2 aromatic carbocycles. The summed E-state index contributed by atoms with van der Waals surface area (Å²) < 4.78 is 11.1. The van der Waals surface area contributed by atoms with Gasteiger partial charge >= 0.3 is 5.97 Å². The van der Waals surface area contributed by atoms with Crippen molar-refractivity contribution in [1.29, 1.82) is 0 Å². The summed E-state index contributed by atoms with van der Waals surface area (Å²) in [4.78, 5) is 33.4. The molecule has 8 heteroatoms. The van der Waals surface area contributed by atoms with Crippen molar-refractivity contribution >= 4 is 29.3 Å². The van der Waals surface area contributed by atoms with E-state index in [1.165, 1.54) is 0 Å². The summed E-state index contributed by atoms with van der Waals surface area (Å²) in [6, 6.07) is 19.9. The zero-order chi connectivity index (χ0) is 23.0. The molecule has 7 nitrogen and oxygen atoms in total. The molecule has 0 aliphatic carbocycles. The van der Waals surface area contributed by atoms with Crippen molar-refractivity contribution in [2.24, 2.45) is 0 Å². The number of para-hydroxylation sites is 1. The monoisotopic (exact) mass is 465 g/mol. The number of benzene rings is 2. The van der Waals surface area contributed by atoms with Gasteiger partial charge in [-0.05, 0) is 42.0 Å². The van der Waals surface area contributed by atoms with Crippen LogP contribution in [0.1, 0.15) is 15.9 Å². The van der Waals surface area contributed by atoms with Gasteiger partial charge in [0.2, 0.25) is 0 Å². The number of amides is 1. The zero-order valence-electron chi connectivity index (χ0n) is 18.0. The van der Waals surface area contributed by atoms with Gasteiger partial charge in [0.1, 0.15) is 23.7 Å². The fraction of sp³-hybridized carbons (Fsp3) is 0.240. The minimum atomic E-state index is -0.595. The first-order valence-electron chi connectivity index (χ1n) is 10.7. The fourth-order valence-electron chi connectivity index (χ4n) is 3.52. The van der Waals surface area contributed by atoms with Gasteiger partial charge in [0.05, 0.1) is 0 Å². The minimum absolute atomic E-state index is 0.219. The highest BCUT2D eigenvalue weighted by atomic mass is 35.5. The van der Waals surface area contributed by atoms with Crippen molar-refractivity contribution in [3.63, 3.8) is 0 Å². The molecule has 0 radical (unpaired) electrons. The van der Waals surface area contributed by atoms with Crippen LogP contribution in [0.5, 0.6) is 5.75 Å². The maximum Gasteiger partial charge on any atom is 0.342 e. The Morgan fingerprint density at radius 2 is 1.64 bits per heavy atom. The standard InChI is InChI=1S/C25H24ClN3O4/c26-20-10-8-19(9-11-20)17-32-22-6-2-1-5-21(22)25(31)33-18-24(30)29-15-13-28(14-16-29)23-7-3-4-12-27-23/h1-12H,13-18H2. The normalized spacial score (nSPS) is 13.5. The van der Waals surface area contributed by atoms with Crippen LogP contribution < -0.4 is 9.64 Å². The molecule has 0 N–H and O–H groups in total. The molecular formula is C25H24ClN3O4. The summed E-state index contributed by atoms with van der Waals surface area (Å²) in [5.41, 5.74) is 1.20. The van der Waals surface area contributed by atoms with Gasteiger partial charge in [0.25, 0.3) is 5.91 Å². The lowest BCUT2D eigenvalue weighted by molar-refractivity contribution is -0.134. The molecule has 1 aromatic heterocycles. The third-order valence-electron chi connectivity index (χ3n) is 5.35. The minimum Gasteiger partial charge on any atom is -0.488 e. The summed E-state index contributed by atoms with van der Waals surface area (Å²) in [6.45, 7) is 2.42. The van der Waals surface area contributed by atoms with Crippen LogP contribution in [0.25, 0.3) is 0 Å². The summed E-state index contributed by atoms with van der Waals surface area (Å²) in [5.74, 6) is 0.478. The van der Waals surface area contributed by atoms with Gasteiger partial charge in [-0.1, -0.05) is 41.9 Å². The molecule has 2 heterocycles. The van der Waals surface area contributed by atoms with Crippen LogP contribution in [0.2, 0.25) is 5.02 Å². The van der Waals surface area contributed by atoms with Crippen molar-refractivity contribution in [1.82, 2.24) is 9.88 Å². The first-order chi connectivity index (χ1) is 16.1. The number of rotatable bonds is 7. The quantitative estimate of drug-likeness (QED) is 0.494.